The molecule has 0 aliphatic heterocycles. The van der Waals surface area contributed by atoms with Gasteiger partial charge in [0.1, 0.15) is 11.1 Å². The SMILES string of the molecule is CCOc1cc(Br)ccc1P(=O)(OC)OC. The fourth-order valence-corrected chi connectivity index (χ4v) is 2.80. The Bertz CT molecular complexity index is 400. The van der Waals surface area contributed by atoms with Gasteiger partial charge in [-0.15, -0.1) is 0 Å². The van der Waals surface area contributed by atoms with Crippen LogP contribution < -0.4 is 10.0 Å². The minimum Gasteiger partial charge on any atom is -0.493 e. The molecule has 0 unspecified atom stereocenters. The molecule has 0 radical (unpaired) electrons. The monoisotopic (exact) mass is 308 g/mol. The van der Waals surface area contributed by atoms with E-state index in [4.69, 9.17) is 13.8 Å². The van der Waals surface area contributed by atoms with Gasteiger partial charge < -0.3 is 13.8 Å². The first-order valence-electron chi connectivity index (χ1n) is 4.71. The van der Waals surface area contributed by atoms with Crippen LogP contribution in [0.3, 0.4) is 0 Å². The standard InChI is InChI=1S/C10H14BrO4P/c1-4-15-9-7-8(11)5-6-10(9)16(12,13-2)14-3/h5-7H,4H2,1-3H3. The smallest absolute Gasteiger partial charge is 0.364 e. The molecule has 0 saturated heterocycles. The van der Waals surface area contributed by atoms with Gasteiger partial charge in [-0.3, -0.25) is 4.57 Å². The van der Waals surface area contributed by atoms with Crippen molar-refractivity contribution in [3.63, 3.8) is 0 Å². The molecule has 6 heteroatoms. The van der Waals surface area contributed by atoms with Crippen molar-refractivity contribution in [3.05, 3.63) is 22.7 Å². The highest BCUT2D eigenvalue weighted by atomic mass is 79.9. The quantitative estimate of drug-likeness (QED) is 0.785. The lowest BCUT2D eigenvalue weighted by Crippen LogP contribution is -2.12. The van der Waals surface area contributed by atoms with Crippen LogP contribution in [0.15, 0.2) is 22.7 Å². The molecule has 16 heavy (non-hydrogen) atoms. The maximum atomic E-state index is 12.2. The van der Waals surface area contributed by atoms with E-state index in [9.17, 15) is 4.57 Å². The summed E-state index contributed by atoms with van der Waals surface area (Å²) in [5, 5.41) is 0.433. The van der Waals surface area contributed by atoms with E-state index in [1.54, 1.807) is 18.2 Å². The number of benzene rings is 1. The summed E-state index contributed by atoms with van der Waals surface area (Å²) in [6.07, 6.45) is 0. The van der Waals surface area contributed by atoms with E-state index in [1.807, 2.05) is 6.92 Å². The predicted molar refractivity (Wildman–Crippen MR) is 66.6 cm³/mol. The Kier molecular flexibility index (Phi) is 4.99. The van der Waals surface area contributed by atoms with Gasteiger partial charge in [0.05, 0.1) is 6.61 Å². The second kappa shape index (κ2) is 5.82. The van der Waals surface area contributed by atoms with Crippen molar-refractivity contribution in [2.24, 2.45) is 0 Å². The highest BCUT2D eigenvalue weighted by Crippen LogP contribution is 2.47. The van der Waals surface area contributed by atoms with E-state index in [2.05, 4.69) is 15.9 Å². The fourth-order valence-electron chi connectivity index (χ4n) is 1.26. The van der Waals surface area contributed by atoms with E-state index in [0.29, 0.717) is 17.7 Å². The molecule has 0 aromatic heterocycles. The van der Waals surface area contributed by atoms with E-state index in [1.165, 1.54) is 14.2 Å². The Morgan fingerprint density at radius 2 is 1.94 bits per heavy atom. The van der Waals surface area contributed by atoms with Crippen LogP contribution >= 0.6 is 23.5 Å². The number of hydrogen-bond acceptors (Lipinski definition) is 4. The number of ether oxygens (including phenoxy) is 1. The summed E-state index contributed by atoms with van der Waals surface area (Å²) in [6.45, 7) is 2.34. The van der Waals surface area contributed by atoms with E-state index in [-0.39, 0.29) is 0 Å². The summed E-state index contributed by atoms with van der Waals surface area (Å²) in [7, 11) is -0.568. The van der Waals surface area contributed by atoms with Crippen LogP contribution in [-0.4, -0.2) is 20.8 Å². The highest BCUT2D eigenvalue weighted by Gasteiger charge is 2.28. The Morgan fingerprint density at radius 1 is 1.31 bits per heavy atom. The summed E-state index contributed by atoms with van der Waals surface area (Å²) in [6, 6.07) is 5.18. The number of rotatable bonds is 5. The number of hydrogen-bond donors (Lipinski definition) is 0. The molecule has 90 valence electrons. The van der Waals surface area contributed by atoms with Crippen LogP contribution in [0, 0.1) is 0 Å². The summed E-state index contributed by atoms with van der Waals surface area (Å²) >= 11 is 3.33. The molecule has 0 fully saturated rings. The van der Waals surface area contributed by atoms with Gasteiger partial charge in [0.25, 0.3) is 0 Å². The van der Waals surface area contributed by atoms with Gasteiger partial charge in [-0.25, -0.2) is 0 Å². The van der Waals surface area contributed by atoms with Crippen LogP contribution in [0.1, 0.15) is 6.92 Å². The lowest BCUT2D eigenvalue weighted by Gasteiger charge is -2.17. The third kappa shape index (κ3) is 2.86. The Balaban J connectivity index is 3.26. The average molecular weight is 309 g/mol. The molecule has 1 aromatic carbocycles. The van der Waals surface area contributed by atoms with Crippen LogP contribution in [0.25, 0.3) is 0 Å². The zero-order valence-electron chi connectivity index (χ0n) is 9.40. The second-order valence-corrected chi connectivity index (χ2v) is 6.03. The fraction of sp³-hybridized carbons (Fsp3) is 0.400. The zero-order chi connectivity index (χ0) is 12.2. The normalized spacial score (nSPS) is 11.5. The minimum absolute atomic E-state index is 0.433. The summed E-state index contributed by atoms with van der Waals surface area (Å²) in [5.41, 5.74) is 0. The van der Waals surface area contributed by atoms with Crippen molar-refractivity contribution in [1.29, 1.82) is 0 Å². The van der Waals surface area contributed by atoms with Crippen molar-refractivity contribution in [2.45, 2.75) is 6.92 Å². The Morgan fingerprint density at radius 3 is 2.44 bits per heavy atom. The van der Waals surface area contributed by atoms with Crippen molar-refractivity contribution in [3.8, 4) is 5.75 Å². The van der Waals surface area contributed by atoms with Gasteiger partial charge in [0, 0.05) is 18.7 Å². The van der Waals surface area contributed by atoms with E-state index in [0.717, 1.165) is 4.47 Å². The molecule has 0 aliphatic rings. The molecule has 4 nitrogen and oxygen atoms in total. The van der Waals surface area contributed by atoms with Crippen LogP contribution in [0.2, 0.25) is 0 Å². The third-order valence-electron chi connectivity index (χ3n) is 2.00. The number of halogens is 1. The first kappa shape index (κ1) is 13.7. The molecule has 0 heterocycles. The van der Waals surface area contributed by atoms with Gasteiger partial charge in [-0.1, -0.05) is 15.9 Å². The molecule has 0 spiro atoms. The molecule has 0 atom stereocenters. The van der Waals surface area contributed by atoms with E-state index < -0.39 is 7.60 Å². The first-order valence-corrected chi connectivity index (χ1v) is 7.05. The maximum absolute atomic E-state index is 12.2. The molecule has 0 N–H and O–H groups in total. The molecule has 0 amide bonds. The van der Waals surface area contributed by atoms with Crippen LogP contribution in [-0.2, 0) is 13.6 Å². The average Bonchev–Trinajstić information content (AvgIpc) is 2.29. The largest absolute Gasteiger partial charge is 0.493 e. The molecule has 0 aliphatic carbocycles. The van der Waals surface area contributed by atoms with Crippen molar-refractivity contribution < 1.29 is 18.3 Å². The Labute approximate surface area is 104 Å². The first-order chi connectivity index (χ1) is 7.57. The van der Waals surface area contributed by atoms with Crippen LogP contribution in [0.4, 0.5) is 0 Å². The summed E-state index contributed by atoms with van der Waals surface area (Å²) in [5.74, 6) is 0.504. The van der Waals surface area contributed by atoms with E-state index >= 15 is 0 Å². The second-order valence-electron chi connectivity index (χ2n) is 2.91. The molecular formula is C10H14BrO4P. The minimum atomic E-state index is -3.27. The summed E-state index contributed by atoms with van der Waals surface area (Å²) in [4.78, 5) is 0. The predicted octanol–water partition coefficient (Wildman–Crippen LogP) is 2.96. The van der Waals surface area contributed by atoms with Crippen molar-refractivity contribution in [2.75, 3.05) is 20.8 Å². The zero-order valence-corrected chi connectivity index (χ0v) is 11.9. The Hall–Kier alpha value is -0.350. The van der Waals surface area contributed by atoms with Crippen molar-refractivity contribution >= 4 is 28.8 Å². The van der Waals surface area contributed by atoms with Crippen molar-refractivity contribution in [1.82, 2.24) is 0 Å². The molecular weight excluding hydrogens is 295 g/mol. The topological polar surface area (TPSA) is 44.8 Å². The lowest BCUT2D eigenvalue weighted by molar-refractivity contribution is 0.284. The van der Waals surface area contributed by atoms with Gasteiger partial charge in [0.2, 0.25) is 0 Å². The van der Waals surface area contributed by atoms with Gasteiger partial charge in [-0.05, 0) is 25.1 Å². The third-order valence-corrected chi connectivity index (χ3v) is 4.41. The maximum Gasteiger partial charge on any atom is 0.364 e. The van der Waals surface area contributed by atoms with Crippen LogP contribution in [0.5, 0.6) is 5.75 Å². The van der Waals surface area contributed by atoms with Gasteiger partial charge in [-0.2, -0.15) is 0 Å². The van der Waals surface area contributed by atoms with Gasteiger partial charge in [0.15, 0.2) is 0 Å². The molecule has 1 rings (SSSR count). The van der Waals surface area contributed by atoms with Gasteiger partial charge >= 0.3 is 7.60 Å². The molecule has 0 bridgehead atoms. The molecule has 0 saturated carbocycles. The summed E-state index contributed by atoms with van der Waals surface area (Å²) < 4.78 is 28.3. The lowest BCUT2D eigenvalue weighted by atomic mass is 10.3. The molecule has 1 aromatic rings. The highest BCUT2D eigenvalue weighted by molar-refractivity contribution is 9.10.